The zero-order valence-corrected chi connectivity index (χ0v) is 19.4. The van der Waals surface area contributed by atoms with E-state index in [0.29, 0.717) is 5.92 Å². The smallest absolute Gasteiger partial charge is 0.180 e. The lowest BCUT2D eigenvalue weighted by molar-refractivity contribution is 0.700. The van der Waals surface area contributed by atoms with Crippen molar-refractivity contribution in [1.29, 1.82) is 0 Å². The van der Waals surface area contributed by atoms with Crippen LogP contribution in [0.5, 0.6) is 0 Å². The third-order valence-electron chi connectivity index (χ3n) is 6.68. The Hall–Kier alpha value is -4.13. The molecule has 1 unspecified atom stereocenters. The minimum atomic E-state index is 0.395. The molecule has 1 atom stereocenters. The highest BCUT2D eigenvalue weighted by Gasteiger charge is 2.17. The van der Waals surface area contributed by atoms with E-state index in [1.54, 1.807) is 0 Å². The van der Waals surface area contributed by atoms with Gasteiger partial charge in [0.05, 0.1) is 11.9 Å². The van der Waals surface area contributed by atoms with E-state index in [0.717, 1.165) is 47.9 Å². The molecule has 0 fully saturated rings. The molecule has 0 aliphatic heterocycles. The van der Waals surface area contributed by atoms with Crippen LogP contribution < -0.4 is 5.32 Å². The highest BCUT2D eigenvalue weighted by molar-refractivity contribution is 5.83. The van der Waals surface area contributed by atoms with E-state index in [1.807, 2.05) is 36.8 Å². The zero-order chi connectivity index (χ0) is 23.1. The second kappa shape index (κ2) is 8.33. The quantitative estimate of drug-likeness (QED) is 0.328. The molecule has 170 valence electrons. The number of rotatable bonds is 7. The number of nitrogens with one attached hydrogen (secondary N) is 2. The van der Waals surface area contributed by atoms with Crippen molar-refractivity contribution in [3.05, 3.63) is 84.7 Å². The summed E-state index contributed by atoms with van der Waals surface area (Å²) >= 11 is 0. The average molecular weight is 450 g/mol. The monoisotopic (exact) mass is 449 g/mol. The predicted molar refractivity (Wildman–Crippen MR) is 136 cm³/mol. The molecule has 2 N–H and O–H groups in total. The van der Waals surface area contributed by atoms with Gasteiger partial charge in [-0.2, -0.15) is 0 Å². The number of para-hydroxylation sites is 1. The van der Waals surface area contributed by atoms with Crippen molar-refractivity contribution in [3.63, 3.8) is 0 Å². The van der Waals surface area contributed by atoms with Crippen molar-refractivity contribution in [1.82, 2.24) is 28.7 Å². The molecule has 0 radical (unpaired) electrons. The van der Waals surface area contributed by atoms with Crippen LogP contribution in [-0.2, 0) is 6.42 Å². The van der Waals surface area contributed by atoms with Crippen molar-refractivity contribution in [2.24, 2.45) is 0 Å². The summed E-state index contributed by atoms with van der Waals surface area (Å²) in [4.78, 5) is 17.7. The maximum Gasteiger partial charge on any atom is 0.180 e. The number of aromatic nitrogens is 6. The number of hydrogen-bond donors (Lipinski definition) is 2. The normalized spacial score (nSPS) is 12.6. The lowest BCUT2D eigenvalue weighted by atomic mass is 10.1. The standard InChI is InChI=1S/C27H27N7/c1-3-18(2)23-15-31-27-26(28-12-11-19-14-29-21-9-5-4-8-20(19)21)32-22(17-34(23)27)24-16-30-25-10-6-7-13-33(24)25/h4-10,13-18,29H,3,11-12H2,1-2H3,(H,28,32). The van der Waals surface area contributed by atoms with E-state index in [2.05, 4.69) is 74.6 Å². The molecule has 1 aromatic carbocycles. The Balaban J connectivity index is 1.39. The van der Waals surface area contributed by atoms with E-state index >= 15 is 0 Å². The Morgan fingerprint density at radius 2 is 1.91 bits per heavy atom. The van der Waals surface area contributed by atoms with E-state index in [1.165, 1.54) is 22.2 Å². The molecule has 7 nitrogen and oxygen atoms in total. The second-order valence-electron chi connectivity index (χ2n) is 8.77. The first-order valence-corrected chi connectivity index (χ1v) is 11.8. The first-order valence-electron chi connectivity index (χ1n) is 11.8. The van der Waals surface area contributed by atoms with Gasteiger partial charge in [-0.1, -0.05) is 38.1 Å². The summed E-state index contributed by atoms with van der Waals surface area (Å²) in [6.45, 7) is 5.20. The summed E-state index contributed by atoms with van der Waals surface area (Å²) in [5, 5.41) is 4.84. The van der Waals surface area contributed by atoms with Gasteiger partial charge in [-0.3, -0.25) is 8.80 Å². The molecule has 6 rings (SSSR count). The molecule has 5 aromatic heterocycles. The van der Waals surface area contributed by atoms with Crippen LogP contribution in [0.4, 0.5) is 5.82 Å². The largest absolute Gasteiger partial charge is 0.367 e. The van der Waals surface area contributed by atoms with Crippen molar-refractivity contribution in [2.75, 3.05) is 11.9 Å². The molecule has 6 aromatic rings. The maximum absolute atomic E-state index is 5.01. The zero-order valence-electron chi connectivity index (χ0n) is 19.4. The molecule has 0 bridgehead atoms. The minimum absolute atomic E-state index is 0.395. The second-order valence-corrected chi connectivity index (χ2v) is 8.77. The average Bonchev–Trinajstić information content (AvgIpc) is 3.60. The SMILES string of the molecule is CCC(C)c1cnc2c(NCCc3c[nH]c4ccccc34)nc(-c3cnc4ccccn34)cn12. The number of benzene rings is 1. The Morgan fingerprint density at radius 1 is 1.03 bits per heavy atom. The molecule has 0 amide bonds. The van der Waals surface area contributed by atoms with Crippen LogP contribution in [0.25, 0.3) is 33.6 Å². The Kier molecular flexibility index (Phi) is 5.02. The number of aromatic amines is 1. The molecule has 7 heteroatoms. The summed E-state index contributed by atoms with van der Waals surface area (Å²) in [6.07, 6.45) is 12.0. The first kappa shape index (κ1) is 20.5. The molecule has 0 aliphatic rings. The van der Waals surface area contributed by atoms with E-state index in [9.17, 15) is 0 Å². The van der Waals surface area contributed by atoms with Gasteiger partial charge in [-0.05, 0) is 42.5 Å². The van der Waals surface area contributed by atoms with Crippen molar-refractivity contribution >= 4 is 28.0 Å². The van der Waals surface area contributed by atoms with E-state index < -0.39 is 0 Å². The van der Waals surface area contributed by atoms with Crippen LogP contribution in [0.3, 0.4) is 0 Å². The number of H-pyrrole nitrogens is 1. The fourth-order valence-electron chi connectivity index (χ4n) is 4.60. The Labute approximate surface area is 197 Å². The number of hydrogen-bond acceptors (Lipinski definition) is 4. The molecular formula is C27H27N7. The summed E-state index contributed by atoms with van der Waals surface area (Å²) < 4.78 is 4.26. The van der Waals surface area contributed by atoms with Gasteiger partial charge in [0.1, 0.15) is 11.3 Å². The fourth-order valence-corrected chi connectivity index (χ4v) is 4.60. The molecule has 0 aliphatic carbocycles. The number of imidazole rings is 2. The Bertz CT molecular complexity index is 1600. The third kappa shape index (κ3) is 3.41. The molecule has 0 saturated carbocycles. The lowest BCUT2D eigenvalue weighted by Crippen LogP contribution is -2.10. The van der Waals surface area contributed by atoms with Gasteiger partial charge in [-0.25, -0.2) is 15.0 Å². The summed E-state index contributed by atoms with van der Waals surface area (Å²) in [7, 11) is 0. The number of pyridine rings is 1. The lowest BCUT2D eigenvalue weighted by Gasteiger charge is -2.13. The summed E-state index contributed by atoms with van der Waals surface area (Å²) in [6, 6.07) is 14.4. The molecule has 34 heavy (non-hydrogen) atoms. The minimum Gasteiger partial charge on any atom is -0.367 e. The van der Waals surface area contributed by atoms with Gasteiger partial charge in [-0.15, -0.1) is 0 Å². The van der Waals surface area contributed by atoms with Crippen molar-refractivity contribution < 1.29 is 0 Å². The first-order chi connectivity index (χ1) is 16.7. The van der Waals surface area contributed by atoms with Gasteiger partial charge < -0.3 is 10.3 Å². The van der Waals surface area contributed by atoms with Crippen LogP contribution >= 0.6 is 0 Å². The maximum atomic E-state index is 5.01. The van der Waals surface area contributed by atoms with Gasteiger partial charge in [0, 0.05) is 47.9 Å². The van der Waals surface area contributed by atoms with Gasteiger partial charge >= 0.3 is 0 Å². The van der Waals surface area contributed by atoms with E-state index in [4.69, 9.17) is 9.97 Å². The molecule has 5 heterocycles. The topological polar surface area (TPSA) is 75.3 Å². The van der Waals surface area contributed by atoms with Crippen molar-refractivity contribution in [2.45, 2.75) is 32.6 Å². The number of fused-ring (bicyclic) bond motifs is 3. The molecular weight excluding hydrogens is 422 g/mol. The van der Waals surface area contributed by atoms with Crippen LogP contribution in [0.15, 0.2) is 73.4 Å². The fraction of sp³-hybridized carbons (Fsp3) is 0.222. The third-order valence-corrected chi connectivity index (χ3v) is 6.68. The van der Waals surface area contributed by atoms with Crippen molar-refractivity contribution in [3.8, 4) is 11.4 Å². The highest BCUT2D eigenvalue weighted by atomic mass is 15.1. The van der Waals surface area contributed by atoms with Crippen LogP contribution in [0, 0.1) is 0 Å². The van der Waals surface area contributed by atoms with Crippen LogP contribution in [0.1, 0.15) is 37.4 Å². The van der Waals surface area contributed by atoms with Gasteiger partial charge in [0.2, 0.25) is 0 Å². The summed E-state index contributed by atoms with van der Waals surface area (Å²) in [5.74, 6) is 1.18. The highest BCUT2D eigenvalue weighted by Crippen LogP contribution is 2.28. The number of anilines is 1. The number of nitrogens with zero attached hydrogens (tertiary/aromatic N) is 5. The van der Waals surface area contributed by atoms with E-state index in [-0.39, 0.29) is 0 Å². The summed E-state index contributed by atoms with van der Waals surface area (Å²) in [5.41, 5.74) is 7.23. The molecule has 0 spiro atoms. The van der Waals surface area contributed by atoms with Crippen LogP contribution in [0.2, 0.25) is 0 Å². The van der Waals surface area contributed by atoms with Gasteiger partial charge in [0.15, 0.2) is 11.5 Å². The van der Waals surface area contributed by atoms with Gasteiger partial charge in [0.25, 0.3) is 0 Å². The predicted octanol–water partition coefficient (Wildman–Crippen LogP) is 5.69. The Morgan fingerprint density at radius 3 is 2.82 bits per heavy atom. The van der Waals surface area contributed by atoms with Crippen LogP contribution in [-0.4, -0.2) is 35.3 Å². The molecule has 0 saturated heterocycles.